The number of rotatable bonds is 7. The Balaban J connectivity index is 1.33. The Labute approximate surface area is 237 Å². The third kappa shape index (κ3) is 5.69. The predicted molar refractivity (Wildman–Crippen MR) is 154 cm³/mol. The molecule has 0 radical (unpaired) electrons. The second kappa shape index (κ2) is 11.8. The fourth-order valence-corrected chi connectivity index (χ4v) is 5.91. The molecule has 0 spiro atoms. The first-order valence-corrected chi connectivity index (χ1v) is 13.8. The van der Waals surface area contributed by atoms with Crippen molar-refractivity contribution in [3.63, 3.8) is 0 Å². The largest absolute Gasteiger partial charge is 0.394 e. The molecule has 0 saturated carbocycles. The van der Waals surface area contributed by atoms with Gasteiger partial charge < -0.3 is 21.1 Å². The molecular formula is C31H30Cl2FN3O2. The maximum atomic E-state index is 14.3. The molecule has 3 atom stereocenters. The number of amides is 1. The summed E-state index contributed by atoms with van der Waals surface area (Å²) in [5.41, 5.74) is 5.22. The highest BCUT2D eigenvalue weighted by Crippen LogP contribution is 2.43. The van der Waals surface area contributed by atoms with Crippen molar-refractivity contribution in [2.45, 2.75) is 31.8 Å². The monoisotopic (exact) mass is 565 g/mol. The molecular weight excluding hydrogens is 536 g/mol. The zero-order chi connectivity index (χ0) is 27.5. The van der Waals surface area contributed by atoms with Gasteiger partial charge in [-0.1, -0.05) is 79.0 Å². The summed E-state index contributed by atoms with van der Waals surface area (Å²) in [6.07, 6.45) is 3.83. The van der Waals surface area contributed by atoms with Crippen molar-refractivity contribution in [2.75, 3.05) is 13.2 Å². The van der Waals surface area contributed by atoms with Crippen LogP contribution >= 0.6 is 23.2 Å². The van der Waals surface area contributed by atoms with Gasteiger partial charge in [0.2, 0.25) is 0 Å². The lowest BCUT2D eigenvalue weighted by molar-refractivity contribution is 0.0916. The molecule has 1 amide bonds. The van der Waals surface area contributed by atoms with Crippen molar-refractivity contribution in [1.82, 2.24) is 16.0 Å². The summed E-state index contributed by atoms with van der Waals surface area (Å²) in [5, 5.41) is 20.2. The van der Waals surface area contributed by atoms with Crippen molar-refractivity contribution < 1.29 is 14.3 Å². The summed E-state index contributed by atoms with van der Waals surface area (Å²) in [7, 11) is 0. The minimum absolute atomic E-state index is 0.0627. The van der Waals surface area contributed by atoms with Crippen LogP contribution in [0.25, 0.3) is 5.57 Å². The molecule has 39 heavy (non-hydrogen) atoms. The third-order valence-corrected chi connectivity index (χ3v) is 8.21. The van der Waals surface area contributed by atoms with Gasteiger partial charge in [-0.15, -0.1) is 0 Å². The van der Waals surface area contributed by atoms with E-state index in [1.165, 1.54) is 6.07 Å². The number of halogens is 3. The Kier molecular flexibility index (Phi) is 8.26. The van der Waals surface area contributed by atoms with Crippen LogP contribution in [-0.2, 0) is 0 Å². The summed E-state index contributed by atoms with van der Waals surface area (Å²) in [5.74, 6) is 0.355. The molecule has 0 aromatic heterocycles. The van der Waals surface area contributed by atoms with E-state index in [1.54, 1.807) is 18.2 Å². The SMILES string of the molecule is CCC1CC2=C(NCC(c3ccc(C(=O)N[C@H](CO)c4ccccc4)cc3)=C2)NC1c1c(Cl)ccc(F)c1Cl. The molecule has 2 aliphatic rings. The number of carbonyl (C=O) groups is 1. The molecule has 3 aromatic rings. The minimum atomic E-state index is -0.477. The van der Waals surface area contributed by atoms with Gasteiger partial charge >= 0.3 is 0 Å². The predicted octanol–water partition coefficient (Wildman–Crippen LogP) is 6.55. The van der Waals surface area contributed by atoms with Crippen LogP contribution in [-0.4, -0.2) is 24.2 Å². The van der Waals surface area contributed by atoms with E-state index in [1.807, 2.05) is 42.5 Å². The molecule has 3 aromatic carbocycles. The van der Waals surface area contributed by atoms with Crippen LogP contribution in [0, 0.1) is 11.7 Å². The molecule has 2 unspecified atom stereocenters. The number of nitrogens with one attached hydrogen (secondary N) is 3. The minimum Gasteiger partial charge on any atom is -0.394 e. The summed E-state index contributed by atoms with van der Waals surface area (Å²) in [6, 6.07) is 19.0. The maximum Gasteiger partial charge on any atom is 0.251 e. The van der Waals surface area contributed by atoms with E-state index >= 15 is 0 Å². The lowest BCUT2D eigenvalue weighted by Crippen LogP contribution is -2.41. The van der Waals surface area contributed by atoms with Crippen molar-refractivity contribution in [3.05, 3.63) is 122 Å². The molecule has 0 aliphatic carbocycles. The Bertz CT molecular complexity index is 1420. The fourth-order valence-electron chi connectivity index (χ4n) is 5.31. The molecule has 2 heterocycles. The normalized spacial score (nSPS) is 19.4. The fraction of sp³-hybridized carbons (Fsp3) is 0.258. The molecule has 0 bridgehead atoms. The molecule has 5 rings (SSSR count). The van der Waals surface area contributed by atoms with Gasteiger partial charge in [0.1, 0.15) is 11.6 Å². The third-order valence-electron chi connectivity index (χ3n) is 7.50. The van der Waals surface area contributed by atoms with Crippen LogP contribution < -0.4 is 16.0 Å². The van der Waals surface area contributed by atoms with Gasteiger partial charge in [0.25, 0.3) is 5.91 Å². The standard InChI is InChI=1S/C31H30Cl2FN3O2/c1-2-18-14-22-15-23(16-35-30(22)37-29(18)27-24(32)12-13-25(34)28(27)33)19-8-10-21(11-9-19)31(39)36-26(17-38)20-6-4-3-5-7-20/h3-13,15,18,26,29,35,37-38H,2,14,16-17H2,1H3,(H,36,39)/t18?,26-,29?/m1/s1. The summed E-state index contributed by atoms with van der Waals surface area (Å²) >= 11 is 12.8. The topological polar surface area (TPSA) is 73.4 Å². The van der Waals surface area contributed by atoms with E-state index in [4.69, 9.17) is 23.2 Å². The molecule has 2 aliphatic heterocycles. The van der Waals surface area contributed by atoms with Gasteiger partial charge in [0, 0.05) is 22.7 Å². The smallest absolute Gasteiger partial charge is 0.251 e. The van der Waals surface area contributed by atoms with Gasteiger partial charge in [0.15, 0.2) is 0 Å². The van der Waals surface area contributed by atoms with Gasteiger partial charge in [0.05, 0.1) is 23.7 Å². The quantitative estimate of drug-likeness (QED) is 0.245. The highest BCUT2D eigenvalue weighted by Gasteiger charge is 2.34. The van der Waals surface area contributed by atoms with Crippen molar-refractivity contribution in [3.8, 4) is 0 Å². The van der Waals surface area contributed by atoms with Gasteiger partial charge in [-0.3, -0.25) is 4.79 Å². The van der Waals surface area contributed by atoms with Crippen LogP contribution in [0.15, 0.2) is 84.2 Å². The molecule has 5 nitrogen and oxygen atoms in total. The Hall–Kier alpha value is -3.32. The summed E-state index contributed by atoms with van der Waals surface area (Å²) < 4.78 is 14.3. The Morgan fingerprint density at radius 3 is 2.54 bits per heavy atom. The molecule has 8 heteroatoms. The Morgan fingerprint density at radius 1 is 1.10 bits per heavy atom. The second-order valence-electron chi connectivity index (χ2n) is 9.87. The number of benzene rings is 3. The molecule has 0 saturated heterocycles. The van der Waals surface area contributed by atoms with Crippen molar-refractivity contribution in [2.24, 2.45) is 5.92 Å². The number of hydrogen-bond acceptors (Lipinski definition) is 4. The van der Waals surface area contributed by atoms with Crippen LogP contribution in [0.4, 0.5) is 4.39 Å². The Morgan fingerprint density at radius 2 is 1.85 bits per heavy atom. The van der Waals surface area contributed by atoms with E-state index in [-0.39, 0.29) is 29.5 Å². The van der Waals surface area contributed by atoms with Crippen LogP contribution in [0.1, 0.15) is 58.9 Å². The number of dihydropyridines is 1. The van der Waals surface area contributed by atoms with Crippen molar-refractivity contribution in [1.29, 1.82) is 0 Å². The van der Waals surface area contributed by atoms with E-state index in [2.05, 4.69) is 29.0 Å². The highest BCUT2D eigenvalue weighted by molar-refractivity contribution is 6.36. The highest BCUT2D eigenvalue weighted by atomic mass is 35.5. The second-order valence-corrected chi connectivity index (χ2v) is 10.7. The lowest BCUT2D eigenvalue weighted by atomic mass is 9.81. The summed E-state index contributed by atoms with van der Waals surface area (Å²) in [4.78, 5) is 12.8. The molecule has 202 valence electrons. The van der Waals surface area contributed by atoms with Gasteiger partial charge in [-0.2, -0.15) is 0 Å². The van der Waals surface area contributed by atoms with Gasteiger partial charge in [-0.25, -0.2) is 4.39 Å². The average Bonchev–Trinajstić information content (AvgIpc) is 2.97. The zero-order valence-corrected chi connectivity index (χ0v) is 23.0. The maximum absolute atomic E-state index is 14.3. The number of carbonyl (C=O) groups excluding carboxylic acids is 1. The first-order chi connectivity index (χ1) is 18.9. The summed E-state index contributed by atoms with van der Waals surface area (Å²) in [6.45, 7) is 2.51. The van der Waals surface area contributed by atoms with E-state index < -0.39 is 11.9 Å². The zero-order valence-electron chi connectivity index (χ0n) is 21.5. The van der Waals surface area contributed by atoms with Crippen molar-refractivity contribution >= 4 is 34.7 Å². The van der Waals surface area contributed by atoms with E-state index in [0.29, 0.717) is 22.7 Å². The number of hydrogen-bond donors (Lipinski definition) is 4. The number of allylic oxidation sites excluding steroid dienone is 2. The van der Waals surface area contributed by atoms with E-state index in [9.17, 15) is 14.3 Å². The first kappa shape index (κ1) is 27.3. The number of aliphatic hydroxyl groups excluding tert-OH is 1. The van der Waals surface area contributed by atoms with Crippen LogP contribution in [0.5, 0.6) is 0 Å². The number of aliphatic hydroxyl groups is 1. The molecule has 4 N–H and O–H groups in total. The van der Waals surface area contributed by atoms with Crippen LogP contribution in [0.2, 0.25) is 10.0 Å². The van der Waals surface area contributed by atoms with Gasteiger partial charge in [-0.05, 0) is 65.0 Å². The van der Waals surface area contributed by atoms with E-state index in [0.717, 1.165) is 40.9 Å². The van der Waals surface area contributed by atoms with Crippen LogP contribution in [0.3, 0.4) is 0 Å². The average molecular weight is 567 g/mol. The molecule has 0 fully saturated rings. The first-order valence-electron chi connectivity index (χ1n) is 13.0. The lowest BCUT2D eigenvalue weighted by Gasteiger charge is -2.38.